The molecule has 1 N–H and O–H groups in total. The maximum absolute atomic E-state index is 12.0. The fraction of sp³-hybridized carbons (Fsp3) is 0.350. The molecule has 2 aromatic rings. The van der Waals surface area contributed by atoms with Gasteiger partial charge in [-0.3, -0.25) is 4.79 Å². The van der Waals surface area contributed by atoms with Crippen LogP contribution >= 0.6 is 0 Å². The smallest absolute Gasteiger partial charge is 0.258 e. The number of hydrogen-bond acceptors (Lipinski definition) is 5. The van der Waals surface area contributed by atoms with Gasteiger partial charge in [0.25, 0.3) is 5.91 Å². The van der Waals surface area contributed by atoms with Gasteiger partial charge in [-0.15, -0.1) is 0 Å². The average molecular weight is 359 g/mol. The molecule has 0 radical (unpaired) electrons. The van der Waals surface area contributed by atoms with Crippen LogP contribution in [-0.4, -0.2) is 32.8 Å². The van der Waals surface area contributed by atoms with Crippen LogP contribution in [0, 0.1) is 0 Å². The van der Waals surface area contributed by atoms with Gasteiger partial charge in [-0.2, -0.15) is 0 Å². The Balaban J connectivity index is 1.82. The van der Waals surface area contributed by atoms with Gasteiger partial charge in [0.1, 0.15) is 23.0 Å². The minimum atomic E-state index is -0.214. The predicted molar refractivity (Wildman–Crippen MR) is 99.1 cm³/mol. The first-order valence-corrected chi connectivity index (χ1v) is 8.38. The van der Waals surface area contributed by atoms with E-state index in [2.05, 4.69) is 5.32 Å². The van der Waals surface area contributed by atoms with Crippen molar-refractivity contribution in [1.82, 2.24) is 5.32 Å². The fourth-order valence-electron chi connectivity index (χ4n) is 2.22. The summed E-state index contributed by atoms with van der Waals surface area (Å²) in [6.45, 7) is 4.29. The number of carbonyl (C=O) groups excluding carboxylic acids is 1. The van der Waals surface area contributed by atoms with Gasteiger partial charge in [0.15, 0.2) is 6.61 Å². The number of methoxy groups -OCH3 is 2. The Morgan fingerprint density at radius 3 is 2.04 bits per heavy atom. The number of nitrogens with one attached hydrogen (secondary N) is 1. The second-order valence-corrected chi connectivity index (χ2v) is 5.92. The Morgan fingerprint density at radius 1 is 0.923 bits per heavy atom. The fourth-order valence-corrected chi connectivity index (χ4v) is 2.22. The van der Waals surface area contributed by atoms with Gasteiger partial charge < -0.3 is 24.3 Å². The number of rotatable bonds is 9. The number of ether oxygens (including phenoxy) is 4. The molecule has 0 unspecified atom stereocenters. The van der Waals surface area contributed by atoms with Crippen molar-refractivity contribution in [1.29, 1.82) is 0 Å². The third kappa shape index (κ3) is 6.20. The highest BCUT2D eigenvalue weighted by atomic mass is 16.5. The van der Waals surface area contributed by atoms with Crippen LogP contribution < -0.4 is 24.3 Å². The Hall–Kier alpha value is -2.89. The van der Waals surface area contributed by atoms with E-state index in [1.807, 2.05) is 38.1 Å². The van der Waals surface area contributed by atoms with Crippen LogP contribution in [0.3, 0.4) is 0 Å². The zero-order chi connectivity index (χ0) is 18.9. The largest absolute Gasteiger partial charge is 0.496 e. The molecule has 0 atom stereocenters. The van der Waals surface area contributed by atoms with E-state index in [0.717, 1.165) is 11.3 Å². The molecule has 6 heteroatoms. The molecule has 2 aromatic carbocycles. The van der Waals surface area contributed by atoms with Crippen LogP contribution in [0.25, 0.3) is 0 Å². The normalized spacial score (nSPS) is 10.3. The molecule has 0 aliphatic rings. The van der Waals surface area contributed by atoms with Gasteiger partial charge in [0.2, 0.25) is 0 Å². The second-order valence-electron chi connectivity index (χ2n) is 5.92. The van der Waals surface area contributed by atoms with E-state index in [0.29, 0.717) is 23.8 Å². The van der Waals surface area contributed by atoms with Crippen LogP contribution in [0.4, 0.5) is 0 Å². The molecular formula is C20H25NO5. The van der Waals surface area contributed by atoms with Crippen molar-refractivity contribution < 1.29 is 23.7 Å². The molecule has 0 saturated carbocycles. The minimum absolute atomic E-state index is 0.0924. The van der Waals surface area contributed by atoms with E-state index >= 15 is 0 Å². The minimum Gasteiger partial charge on any atom is -0.496 e. The molecule has 140 valence electrons. The summed E-state index contributed by atoms with van der Waals surface area (Å²) in [7, 11) is 3.12. The van der Waals surface area contributed by atoms with Crippen molar-refractivity contribution in [3.8, 4) is 23.0 Å². The maximum Gasteiger partial charge on any atom is 0.258 e. The molecule has 0 aliphatic carbocycles. The molecule has 0 heterocycles. The number of amides is 1. The Morgan fingerprint density at radius 2 is 1.50 bits per heavy atom. The lowest BCUT2D eigenvalue weighted by Crippen LogP contribution is -2.28. The average Bonchev–Trinajstić information content (AvgIpc) is 2.65. The van der Waals surface area contributed by atoms with Gasteiger partial charge in [-0.1, -0.05) is 12.1 Å². The van der Waals surface area contributed by atoms with Crippen molar-refractivity contribution >= 4 is 5.91 Å². The van der Waals surface area contributed by atoms with Gasteiger partial charge in [0.05, 0.1) is 20.3 Å². The van der Waals surface area contributed by atoms with E-state index < -0.39 is 0 Å². The van der Waals surface area contributed by atoms with Crippen LogP contribution in [0.1, 0.15) is 19.4 Å². The van der Waals surface area contributed by atoms with E-state index in [1.165, 1.54) is 0 Å². The van der Waals surface area contributed by atoms with E-state index in [-0.39, 0.29) is 18.6 Å². The monoisotopic (exact) mass is 359 g/mol. The van der Waals surface area contributed by atoms with E-state index in [9.17, 15) is 4.79 Å². The summed E-state index contributed by atoms with van der Waals surface area (Å²) in [4.78, 5) is 12.0. The lowest BCUT2D eigenvalue weighted by Gasteiger charge is -2.11. The van der Waals surface area contributed by atoms with Crippen LogP contribution in [0.15, 0.2) is 42.5 Å². The summed E-state index contributed by atoms with van der Waals surface area (Å²) in [6, 6.07) is 12.8. The SMILES string of the molecule is COc1cc(OC)cc(OCC(=O)NCc2ccc(OC(C)C)cc2)c1. The van der Waals surface area contributed by atoms with Crippen molar-refractivity contribution in [2.75, 3.05) is 20.8 Å². The van der Waals surface area contributed by atoms with E-state index in [1.54, 1.807) is 32.4 Å². The van der Waals surface area contributed by atoms with Crippen LogP contribution in [0.5, 0.6) is 23.0 Å². The molecule has 0 aliphatic heterocycles. The second kappa shape index (κ2) is 9.56. The standard InChI is InChI=1S/C20H25NO5/c1-14(2)26-16-7-5-15(6-8-16)12-21-20(22)13-25-19-10-17(23-3)9-18(11-19)24-4/h5-11,14H,12-13H2,1-4H3,(H,21,22). The zero-order valence-electron chi connectivity index (χ0n) is 15.6. The lowest BCUT2D eigenvalue weighted by atomic mass is 10.2. The van der Waals surface area contributed by atoms with E-state index in [4.69, 9.17) is 18.9 Å². The van der Waals surface area contributed by atoms with Crippen LogP contribution in [-0.2, 0) is 11.3 Å². The molecule has 0 spiro atoms. The van der Waals surface area contributed by atoms with Crippen LogP contribution in [0.2, 0.25) is 0 Å². The summed E-state index contributed by atoms with van der Waals surface area (Å²) in [5.41, 5.74) is 0.984. The quantitative estimate of drug-likeness (QED) is 0.745. The topological polar surface area (TPSA) is 66.0 Å². The molecule has 6 nitrogen and oxygen atoms in total. The van der Waals surface area contributed by atoms with Crippen molar-refractivity contribution in [2.24, 2.45) is 0 Å². The van der Waals surface area contributed by atoms with Crippen molar-refractivity contribution in [2.45, 2.75) is 26.5 Å². The molecule has 1 amide bonds. The Bertz CT molecular complexity index is 690. The highest BCUT2D eigenvalue weighted by Crippen LogP contribution is 2.27. The maximum atomic E-state index is 12.0. The Labute approximate surface area is 154 Å². The third-order valence-corrected chi connectivity index (χ3v) is 3.48. The molecule has 0 aromatic heterocycles. The zero-order valence-corrected chi connectivity index (χ0v) is 15.6. The van der Waals surface area contributed by atoms with Gasteiger partial charge in [0, 0.05) is 24.7 Å². The summed E-state index contributed by atoms with van der Waals surface area (Å²) < 4.78 is 21.4. The summed E-state index contributed by atoms with van der Waals surface area (Å²) in [5.74, 6) is 2.30. The highest BCUT2D eigenvalue weighted by Gasteiger charge is 2.07. The van der Waals surface area contributed by atoms with Crippen molar-refractivity contribution in [3.63, 3.8) is 0 Å². The molecule has 0 fully saturated rings. The third-order valence-electron chi connectivity index (χ3n) is 3.48. The van der Waals surface area contributed by atoms with Gasteiger partial charge >= 0.3 is 0 Å². The number of carbonyl (C=O) groups is 1. The first kappa shape index (κ1) is 19.4. The number of hydrogen-bond donors (Lipinski definition) is 1. The van der Waals surface area contributed by atoms with Gasteiger partial charge in [-0.25, -0.2) is 0 Å². The first-order chi connectivity index (χ1) is 12.5. The summed E-state index contributed by atoms with van der Waals surface area (Å²) >= 11 is 0. The molecule has 2 rings (SSSR count). The molecular weight excluding hydrogens is 334 g/mol. The molecule has 0 bridgehead atoms. The first-order valence-electron chi connectivity index (χ1n) is 8.38. The lowest BCUT2D eigenvalue weighted by molar-refractivity contribution is -0.123. The highest BCUT2D eigenvalue weighted by molar-refractivity contribution is 5.77. The molecule has 0 saturated heterocycles. The molecule has 26 heavy (non-hydrogen) atoms. The predicted octanol–water partition coefficient (Wildman–Crippen LogP) is 3.19. The van der Waals surface area contributed by atoms with Gasteiger partial charge in [-0.05, 0) is 31.5 Å². The Kier molecular flexibility index (Phi) is 7.14. The summed E-state index contributed by atoms with van der Waals surface area (Å²) in [5, 5.41) is 2.82. The number of benzene rings is 2. The summed E-state index contributed by atoms with van der Waals surface area (Å²) in [6.07, 6.45) is 0.132. The van der Waals surface area contributed by atoms with Crippen molar-refractivity contribution in [3.05, 3.63) is 48.0 Å².